The van der Waals surface area contributed by atoms with Crippen molar-refractivity contribution in [3.63, 3.8) is 0 Å². The van der Waals surface area contributed by atoms with Crippen LogP contribution >= 0.6 is 11.8 Å². The van der Waals surface area contributed by atoms with Crippen LogP contribution in [-0.4, -0.2) is 24.1 Å². The summed E-state index contributed by atoms with van der Waals surface area (Å²) in [7, 11) is -0.325. The summed E-state index contributed by atoms with van der Waals surface area (Å²) in [6.45, 7) is 17.3. The normalized spacial score (nSPS) is 20.5. The number of hydrogen-bond donors (Lipinski definition) is 0. The van der Waals surface area contributed by atoms with Gasteiger partial charge in [-0.2, -0.15) is 0 Å². The van der Waals surface area contributed by atoms with Gasteiger partial charge in [-0.25, -0.2) is 0 Å². The van der Waals surface area contributed by atoms with Crippen LogP contribution in [0.1, 0.15) is 66.5 Å². The Morgan fingerprint density at radius 3 is 1.96 bits per heavy atom. The molecule has 0 spiro atoms. The second-order valence-electron chi connectivity index (χ2n) is 8.44. The number of benzene rings is 1. The molecule has 0 aromatic heterocycles. The van der Waals surface area contributed by atoms with Crippen molar-refractivity contribution in [1.29, 1.82) is 0 Å². The van der Waals surface area contributed by atoms with Crippen molar-refractivity contribution in [2.75, 3.05) is 5.75 Å². The standard InChI is InChI=1S/C20H31BO2S/c1-9-24-14-17(21-22-19(5,6)20(7,8)23-21)15-10-12-16(13-11-15)18(2,3)4/h10-14H,9H2,1-8H3/b17-14-. The topological polar surface area (TPSA) is 18.5 Å². The predicted octanol–water partition coefficient (Wildman–Crippen LogP) is 5.71. The fraction of sp³-hybridized carbons (Fsp3) is 0.600. The first-order valence-corrected chi connectivity index (χ1v) is 9.81. The van der Waals surface area contributed by atoms with Crippen molar-refractivity contribution in [2.24, 2.45) is 0 Å². The molecule has 4 heteroatoms. The molecular weight excluding hydrogens is 315 g/mol. The molecule has 0 saturated carbocycles. The van der Waals surface area contributed by atoms with Crippen LogP contribution in [0.4, 0.5) is 0 Å². The van der Waals surface area contributed by atoms with Gasteiger partial charge in [0, 0.05) is 0 Å². The van der Waals surface area contributed by atoms with E-state index in [1.807, 2.05) is 0 Å². The van der Waals surface area contributed by atoms with Crippen molar-refractivity contribution >= 4 is 24.4 Å². The summed E-state index contributed by atoms with van der Waals surface area (Å²) in [6, 6.07) is 8.80. The first-order chi connectivity index (χ1) is 11.0. The zero-order valence-electron chi connectivity index (χ0n) is 16.4. The third kappa shape index (κ3) is 4.09. The van der Waals surface area contributed by atoms with Crippen LogP contribution in [0, 0.1) is 0 Å². The van der Waals surface area contributed by atoms with Crippen LogP contribution in [0.25, 0.3) is 5.47 Å². The highest BCUT2D eigenvalue weighted by atomic mass is 32.2. The molecular formula is C20H31BO2S. The Morgan fingerprint density at radius 2 is 1.54 bits per heavy atom. The molecule has 1 saturated heterocycles. The van der Waals surface area contributed by atoms with Crippen LogP contribution < -0.4 is 0 Å². The van der Waals surface area contributed by atoms with Gasteiger partial charge in [-0.15, -0.1) is 11.8 Å². The molecule has 0 atom stereocenters. The van der Waals surface area contributed by atoms with E-state index in [2.05, 4.69) is 85.1 Å². The molecule has 1 fully saturated rings. The van der Waals surface area contributed by atoms with Gasteiger partial charge in [0.25, 0.3) is 0 Å². The number of hydrogen-bond acceptors (Lipinski definition) is 3. The average Bonchev–Trinajstić information content (AvgIpc) is 2.67. The minimum absolute atomic E-state index is 0.158. The van der Waals surface area contributed by atoms with Gasteiger partial charge in [0.05, 0.1) is 11.2 Å². The van der Waals surface area contributed by atoms with Crippen molar-refractivity contribution in [2.45, 2.75) is 72.0 Å². The van der Waals surface area contributed by atoms with Gasteiger partial charge in [-0.1, -0.05) is 52.0 Å². The fourth-order valence-corrected chi connectivity index (χ4v) is 3.16. The minimum Gasteiger partial charge on any atom is -0.399 e. The molecule has 132 valence electrons. The highest BCUT2D eigenvalue weighted by molar-refractivity contribution is 8.02. The Kier molecular flexibility index (Phi) is 5.64. The van der Waals surface area contributed by atoms with E-state index < -0.39 is 0 Å². The molecule has 1 aliphatic rings. The molecule has 0 amide bonds. The number of rotatable bonds is 4. The van der Waals surface area contributed by atoms with E-state index in [4.69, 9.17) is 9.31 Å². The summed E-state index contributed by atoms with van der Waals surface area (Å²) < 4.78 is 12.5. The van der Waals surface area contributed by atoms with E-state index in [0.717, 1.165) is 11.2 Å². The predicted molar refractivity (Wildman–Crippen MR) is 107 cm³/mol. The smallest absolute Gasteiger partial charge is 0.399 e. The van der Waals surface area contributed by atoms with E-state index in [-0.39, 0.29) is 23.7 Å². The van der Waals surface area contributed by atoms with Crippen molar-refractivity contribution in [3.05, 3.63) is 40.8 Å². The van der Waals surface area contributed by atoms with Gasteiger partial charge in [0.2, 0.25) is 0 Å². The van der Waals surface area contributed by atoms with E-state index >= 15 is 0 Å². The summed E-state index contributed by atoms with van der Waals surface area (Å²) in [5.74, 6) is 1.03. The molecule has 24 heavy (non-hydrogen) atoms. The quantitative estimate of drug-likeness (QED) is 0.651. The maximum Gasteiger partial charge on any atom is 0.495 e. The third-order valence-electron chi connectivity index (χ3n) is 4.97. The zero-order chi connectivity index (χ0) is 18.2. The SMILES string of the molecule is CCS/C=C(\B1OC(C)(C)C(C)(C)O1)c1ccc(C(C)(C)C)cc1. The highest BCUT2D eigenvalue weighted by Gasteiger charge is 2.52. The largest absolute Gasteiger partial charge is 0.495 e. The van der Waals surface area contributed by atoms with Gasteiger partial charge in [0.15, 0.2) is 0 Å². The van der Waals surface area contributed by atoms with Crippen LogP contribution in [-0.2, 0) is 14.7 Å². The molecule has 1 heterocycles. The van der Waals surface area contributed by atoms with Crippen molar-refractivity contribution in [1.82, 2.24) is 0 Å². The summed E-state index contributed by atoms with van der Waals surface area (Å²) in [6.07, 6.45) is 0. The molecule has 0 unspecified atom stereocenters. The third-order valence-corrected chi connectivity index (χ3v) is 5.72. The van der Waals surface area contributed by atoms with Gasteiger partial charge < -0.3 is 9.31 Å². The van der Waals surface area contributed by atoms with Gasteiger partial charge in [-0.3, -0.25) is 0 Å². The van der Waals surface area contributed by atoms with E-state index in [9.17, 15) is 0 Å². The Labute approximate surface area is 152 Å². The van der Waals surface area contributed by atoms with Crippen LogP contribution in [0.2, 0.25) is 0 Å². The maximum atomic E-state index is 6.27. The highest BCUT2D eigenvalue weighted by Crippen LogP contribution is 2.41. The molecule has 1 aromatic rings. The zero-order valence-corrected chi connectivity index (χ0v) is 17.2. The molecule has 0 bridgehead atoms. The van der Waals surface area contributed by atoms with Gasteiger partial charge in [-0.05, 0) is 60.9 Å². The first-order valence-electron chi connectivity index (χ1n) is 8.76. The maximum absolute atomic E-state index is 6.27. The molecule has 1 aromatic carbocycles. The summed E-state index contributed by atoms with van der Waals surface area (Å²) >= 11 is 1.79. The van der Waals surface area contributed by atoms with E-state index in [0.29, 0.717) is 0 Å². The molecule has 0 radical (unpaired) electrons. The lowest BCUT2D eigenvalue weighted by molar-refractivity contribution is 0.00578. The Balaban J connectivity index is 2.34. The van der Waals surface area contributed by atoms with Gasteiger partial charge >= 0.3 is 7.12 Å². The Bertz CT molecular complexity index is 581. The second kappa shape index (κ2) is 6.89. The molecule has 2 rings (SSSR count). The Hall–Kier alpha value is -0.705. The van der Waals surface area contributed by atoms with Crippen LogP contribution in [0.5, 0.6) is 0 Å². The summed E-state index contributed by atoms with van der Waals surface area (Å²) in [5, 5.41) is 2.19. The van der Waals surface area contributed by atoms with E-state index in [1.54, 1.807) is 11.8 Å². The second-order valence-corrected chi connectivity index (χ2v) is 9.59. The lowest BCUT2D eigenvalue weighted by Gasteiger charge is -2.32. The van der Waals surface area contributed by atoms with E-state index in [1.165, 1.54) is 11.1 Å². The molecule has 1 aliphatic heterocycles. The lowest BCUT2D eigenvalue weighted by Crippen LogP contribution is -2.41. The van der Waals surface area contributed by atoms with Crippen LogP contribution in [0.15, 0.2) is 29.7 Å². The Morgan fingerprint density at radius 1 is 1.04 bits per heavy atom. The monoisotopic (exact) mass is 346 g/mol. The van der Waals surface area contributed by atoms with Gasteiger partial charge in [0.1, 0.15) is 0 Å². The fourth-order valence-electron chi connectivity index (χ4n) is 2.57. The average molecular weight is 346 g/mol. The molecule has 0 N–H and O–H groups in total. The molecule has 0 aliphatic carbocycles. The summed E-state index contributed by atoms with van der Waals surface area (Å²) in [4.78, 5) is 0. The number of thioether (sulfide) groups is 1. The minimum atomic E-state index is -0.325. The van der Waals surface area contributed by atoms with Crippen LogP contribution in [0.3, 0.4) is 0 Å². The summed E-state index contributed by atoms with van der Waals surface area (Å²) in [5.41, 5.74) is 3.13. The first kappa shape index (κ1) is 19.6. The van der Waals surface area contributed by atoms with Crippen molar-refractivity contribution < 1.29 is 9.31 Å². The molecule has 2 nitrogen and oxygen atoms in total. The van der Waals surface area contributed by atoms with Crippen molar-refractivity contribution in [3.8, 4) is 0 Å². The lowest BCUT2D eigenvalue weighted by atomic mass is 9.74.